The molecule has 2 heterocycles. The number of benzene rings is 1. The Labute approximate surface area is 170 Å². The van der Waals surface area contributed by atoms with Crippen molar-refractivity contribution in [3.63, 3.8) is 0 Å². The van der Waals surface area contributed by atoms with Crippen molar-refractivity contribution in [3.05, 3.63) is 52.2 Å². The van der Waals surface area contributed by atoms with E-state index < -0.39 is 17.8 Å². The van der Waals surface area contributed by atoms with Gasteiger partial charge in [0.2, 0.25) is 0 Å². The number of nitrogens with zero attached hydrogens (tertiary/aromatic N) is 1. The molecule has 28 heavy (non-hydrogen) atoms. The van der Waals surface area contributed by atoms with E-state index in [-0.39, 0.29) is 11.6 Å². The molecule has 2 aromatic rings. The Morgan fingerprint density at radius 1 is 1.07 bits per heavy atom. The molecule has 0 bridgehead atoms. The van der Waals surface area contributed by atoms with Gasteiger partial charge in [0.1, 0.15) is 17.1 Å². The SMILES string of the molecule is O=C1NC(=O)N(C2CCCCC2)C(=O)C1=Cc1ccc(-c2cccc(Br)c2)o1. The van der Waals surface area contributed by atoms with Crippen LogP contribution in [0.4, 0.5) is 4.79 Å². The molecular formula is C21H19BrN2O4. The lowest BCUT2D eigenvalue weighted by atomic mass is 9.93. The minimum atomic E-state index is -0.692. The Morgan fingerprint density at radius 3 is 2.61 bits per heavy atom. The number of barbiturate groups is 1. The summed E-state index contributed by atoms with van der Waals surface area (Å²) in [5.74, 6) is -0.244. The Bertz CT molecular complexity index is 972. The lowest BCUT2D eigenvalue weighted by molar-refractivity contribution is -0.132. The first-order valence-corrected chi connectivity index (χ1v) is 10.1. The molecule has 0 atom stereocenters. The quantitative estimate of drug-likeness (QED) is 0.560. The standard InChI is InChI=1S/C21H19BrN2O4/c22-14-6-4-5-13(11-14)18-10-9-16(28-18)12-17-19(25)23-21(27)24(20(17)26)15-7-2-1-3-8-15/h4-6,9-12,15H,1-3,7-8H2,(H,23,25,27). The minimum Gasteiger partial charge on any atom is -0.457 e. The number of nitrogens with one attached hydrogen (secondary N) is 1. The smallest absolute Gasteiger partial charge is 0.331 e. The van der Waals surface area contributed by atoms with Crippen LogP contribution in [0.3, 0.4) is 0 Å². The zero-order valence-corrected chi connectivity index (χ0v) is 16.7. The summed E-state index contributed by atoms with van der Waals surface area (Å²) in [7, 11) is 0. The highest BCUT2D eigenvalue weighted by molar-refractivity contribution is 9.10. The van der Waals surface area contributed by atoms with E-state index in [4.69, 9.17) is 4.42 Å². The summed E-state index contributed by atoms with van der Waals surface area (Å²) >= 11 is 3.42. The fraction of sp³-hybridized carbons (Fsp3) is 0.286. The second-order valence-electron chi connectivity index (χ2n) is 7.00. The van der Waals surface area contributed by atoms with E-state index in [9.17, 15) is 14.4 Å². The summed E-state index contributed by atoms with van der Waals surface area (Å²) in [5.41, 5.74) is 0.790. The third-order valence-electron chi connectivity index (χ3n) is 5.10. The van der Waals surface area contributed by atoms with Crippen LogP contribution in [0.1, 0.15) is 37.9 Å². The van der Waals surface area contributed by atoms with Gasteiger partial charge in [-0.15, -0.1) is 0 Å². The first-order valence-electron chi connectivity index (χ1n) is 9.29. The molecule has 4 amide bonds. The molecule has 1 aromatic heterocycles. The van der Waals surface area contributed by atoms with Crippen LogP contribution < -0.4 is 5.32 Å². The van der Waals surface area contributed by atoms with Crippen LogP contribution in [0.2, 0.25) is 0 Å². The van der Waals surface area contributed by atoms with Gasteiger partial charge in [-0.3, -0.25) is 19.8 Å². The van der Waals surface area contributed by atoms with Gasteiger partial charge < -0.3 is 4.42 Å². The number of carbonyl (C=O) groups excluding carboxylic acids is 3. The van der Waals surface area contributed by atoms with Crippen molar-refractivity contribution < 1.29 is 18.8 Å². The van der Waals surface area contributed by atoms with Crippen molar-refractivity contribution in [2.24, 2.45) is 0 Å². The van der Waals surface area contributed by atoms with Gasteiger partial charge in [-0.25, -0.2) is 4.79 Å². The highest BCUT2D eigenvalue weighted by Gasteiger charge is 2.40. The molecule has 0 spiro atoms. The summed E-state index contributed by atoms with van der Waals surface area (Å²) in [4.78, 5) is 38.6. The van der Waals surface area contributed by atoms with Crippen LogP contribution in [0.15, 0.2) is 50.9 Å². The normalized spacial score (nSPS) is 20.0. The Kier molecular flexibility index (Phi) is 5.17. The van der Waals surface area contributed by atoms with Crippen LogP contribution in [0.25, 0.3) is 17.4 Å². The Morgan fingerprint density at radius 2 is 1.86 bits per heavy atom. The molecule has 2 aliphatic rings. The van der Waals surface area contributed by atoms with Crippen LogP contribution in [-0.4, -0.2) is 28.8 Å². The molecule has 2 fully saturated rings. The number of halogens is 1. The number of rotatable bonds is 3. The van der Waals surface area contributed by atoms with Crippen LogP contribution in [0, 0.1) is 0 Å². The van der Waals surface area contributed by atoms with Gasteiger partial charge in [-0.2, -0.15) is 0 Å². The van der Waals surface area contributed by atoms with E-state index >= 15 is 0 Å². The maximum absolute atomic E-state index is 12.9. The van der Waals surface area contributed by atoms with Gasteiger partial charge in [0.05, 0.1) is 0 Å². The van der Waals surface area contributed by atoms with Gasteiger partial charge in [0.25, 0.3) is 11.8 Å². The molecule has 7 heteroatoms. The zero-order chi connectivity index (χ0) is 19.7. The fourth-order valence-electron chi connectivity index (χ4n) is 3.71. The van der Waals surface area contributed by atoms with Gasteiger partial charge in [0.15, 0.2) is 0 Å². The van der Waals surface area contributed by atoms with E-state index in [0.29, 0.717) is 11.5 Å². The fourth-order valence-corrected chi connectivity index (χ4v) is 4.11. The van der Waals surface area contributed by atoms with Crippen molar-refractivity contribution >= 4 is 39.9 Å². The topological polar surface area (TPSA) is 79.6 Å². The molecule has 1 aromatic carbocycles. The number of carbonyl (C=O) groups is 3. The lowest BCUT2D eigenvalue weighted by Crippen LogP contribution is -2.58. The van der Waals surface area contributed by atoms with Crippen molar-refractivity contribution in [3.8, 4) is 11.3 Å². The van der Waals surface area contributed by atoms with E-state index in [1.807, 2.05) is 24.3 Å². The predicted octanol–water partition coefficient (Wildman–Crippen LogP) is 4.50. The molecule has 0 unspecified atom stereocenters. The molecule has 0 radical (unpaired) electrons. The minimum absolute atomic E-state index is 0.0830. The monoisotopic (exact) mass is 442 g/mol. The van der Waals surface area contributed by atoms with Gasteiger partial charge >= 0.3 is 6.03 Å². The number of furan rings is 1. The zero-order valence-electron chi connectivity index (χ0n) is 15.1. The molecule has 1 saturated carbocycles. The Hall–Kier alpha value is -2.67. The number of amides is 4. The summed E-state index contributed by atoms with van der Waals surface area (Å²) in [6, 6.07) is 10.3. The average Bonchev–Trinajstić information content (AvgIpc) is 3.15. The van der Waals surface area contributed by atoms with Gasteiger partial charge in [0, 0.05) is 16.1 Å². The third kappa shape index (κ3) is 3.67. The summed E-state index contributed by atoms with van der Waals surface area (Å²) in [6.45, 7) is 0. The molecular weight excluding hydrogens is 424 g/mol. The van der Waals surface area contributed by atoms with E-state index in [2.05, 4.69) is 21.2 Å². The first-order chi connectivity index (χ1) is 13.5. The first kappa shape index (κ1) is 18.7. The highest BCUT2D eigenvalue weighted by atomic mass is 79.9. The third-order valence-corrected chi connectivity index (χ3v) is 5.59. The molecule has 6 nitrogen and oxygen atoms in total. The molecule has 1 saturated heterocycles. The van der Waals surface area contributed by atoms with Gasteiger partial charge in [-0.1, -0.05) is 47.3 Å². The summed E-state index contributed by atoms with van der Waals surface area (Å²) < 4.78 is 6.72. The van der Waals surface area contributed by atoms with Gasteiger partial charge in [-0.05, 0) is 43.2 Å². The average molecular weight is 443 g/mol. The van der Waals surface area contributed by atoms with Crippen molar-refractivity contribution in [2.45, 2.75) is 38.1 Å². The number of imide groups is 2. The van der Waals surface area contributed by atoms with Crippen molar-refractivity contribution in [2.75, 3.05) is 0 Å². The van der Waals surface area contributed by atoms with E-state index in [1.54, 1.807) is 12.1 Å². The summed E-state index contributed by atoms with van der Waals surface area (Å²) in [5, 5.41) is 2.28. The molecule has 4 rings (SSSR count). The number of hydrogen-bond donors (Lipinski definition) is 1. The summed E-state index contributed by atoms with van der Waals surface area (Å²) in [6.07, 6.45) is 6.00. The van der Waals surface area contributed by atoms with Crippen LogP contribution in [0.5, 0.6) is 0 Å². The largest absolute Gasteiger partial charge is 0.457 e. The van der Waals surface area contributed by atoms with E-state index in [1.165, 1.54) is 11.0 Å². The second kappa shape index (κ2) is 7.75. The van der Waals surface area contributed by atoms with E-state index in [0.717, 1.165) is 42.1 Å². The van der Waals surface area contributed by atoms with Crippen LogP contribution in [-0.2, 0) is 9.59 Å². The van der Waals surface area contributed by atoms with Crippen molar-refractivity contribution in [1.82, 2.24) is 10.2 Å². The molecule has 1 aliphatic carbocycles. The lowest BCUT2D eigenvalue weighted by Gasteiger charge is -2.35. The highest BCUT2D eigenvalue weighted by Crippen LogP contribution is 2.28. The predicted molar refractivity (Wildman–Crippen MR) is 107 cm³/mol. The van der Waals surface area contributed by atoms with Crippen LogP contribution >= 0.6 is 15.9 Å². The Balaban J connectivity index is 1.62. The maximum atomic E-state index is 12.9. The molecule has 1 N–H and O–H groups in total. The number of urea groups is 1. The second-order valence-corrected chi connectivity index (χ2v) is 7.91. The number of hydrogen-bond acceptors (Lipinski definition) is 4. The maximum Gasteiger partial charge on any atom is 0.331 e. The molecule has 144 valence electrons. The molecule has 1 aliphatic heterocycles. The van der Waals surface area contributed by atoms with Crippen molar-refractivity contribution in [1.29, 1.82) is 0 Å².